The minimum atomic E-state index is -1.56. The molecule has 9 N–H and O–H groups in total. The molecule has 28 heavy (non-hydrogen) atoms. The predicted molar refractivity (Wildman–Crippen MR) is 92.7 cm³/mol. The highest BCUT2D eigenvalue weighted by Gasteiger charge is 2.30. The van der Waals surface area contributed by atoms with Crippen molar-refractivity contribution in [1.29, 1.82) is 0 Å². The quantitative estimate of drug-likeness (QED) is 0.157. The molecule has 13 heteroatoms. The zero-order chi connectivity index (χ0) is 22.0. The molecule has 0 rings (SSSR count). The number of amides is 3. The molecule has 0 aliphatic rings. The Morgan fingerprint density at radius 3 is 1.93 bits per heavy atom. The van der Waals surface area contributed by atoms with Gasteiger partial charge in [-0.1, -0.05) is 0 Å². The molecule has 3 amide bonds. The third kappa shape index (κ3) is 8.75. The zero-order valence-electron chi connectivity index (χ0n) is 15.4. The van der Waals surface area contributed by atoms with Crippen LogP contribution in [0.15, 0.2) is 0 Å². The summed E-state index contributed by atoms with van der Waals surface area (Å²) in [5.74, 6) is -5.36. The summed E-state index contributed by atoms with van der Waals surface area (Å²) in [7, 11) is 0. The maximum absolute atomic E-state index is 12.2. The van der Waals surface area contributed by atoms with Crippen LogP contribution < -0.4 is 21.7 Å². The van der Waals surface area contributed by atoms with Crippen LogP contribution in [0.3, 0.4) is 0 Å². The molecule has 160 valence electrons. The summed E-state index contributed by atoms with van der Waals surface area (Å²) in [6.45, 7) is 1.57. The molecule has 0 aliphatic heterocycles. The number of aliphatic hydroxyl groups is 2. The van der Waals surface area contributed by atoms with Crippen LogP contribution >= 0.6 is 0 Å². The lowest BCUT2D eigenvalue weighted by Crippen LogP contribution is -2.59. The van der Waals surface area contributed by atoms with Gasteiger partial charge in [0.2, 0.25) is 17.7 Å². The second-order valence-electron chi connectivity index (χ2n) is 6.08. The molecular weight excluding hydrogens is 380 g/mol. The van der Waals surface area contributed by atoms with Crippen LogP contribution in [0, 0.1) is 0 Å². The number of hydrogen-bond acceptors (Lipinski definition) is 8. The molecule has 0 bridgehead atoms. The number of carbonyl (C=O) groups excluding carboxylic acids is 3. The van der Waals surface area contributed by atoms with Crippen LogP contribution in [0.1, 0.15) is 26.7 Å². The first kappa shape index (κ1) is 25.2. The van der Waals surface area contributed by atoms with E-state index < -0.39 is 66.5 Å². The maximum atomic E-state index is 12.2. The number of aliphatic carboxylic acids is 2. The van der Waals surface area contributed by atoms with Crippen molar-refractivity contribution >= 4 is 29.7 Å². The molecule has 0 saturated carbocycles. The molecule has 5 atom stereocenters. The molecule has 0 aromatic carbocycles. The molecule has 13 nitrogen and oxygen atoms in total. The van der Waals surface area contributed by atoms with Crippen LogP contribution in [-0.4, -0.2) is 87.0 Å². The van der Waals surface area contributed by atoms with Crippen molar-refractivity contribution in [3.8, 4) is 0 Å². The summed E-state index contributed by atoms with van der Waals surface area (Å²) in [5.41, 5.74) is 5.53. The fourth-order valence-corrected chi connectivity index (χ4v) is 1.93. The van der Waals surface area contributed by atoms with Crippen molar-refractivity contribution < 1.29 is 44.4 Å². The van der Waals surface area contributed by atoms with E-state index >= 15 is 0 Å². The lowest BCUT2D eigenvalue weighted by atomic mass is 10.1. The Hall–Kier alpha value is -2.77. The number of rotatable bonds is 12. The number of carboxylic acids is 2. The minimum absolute atomic E-state index is 0.189. The summed E-state index contributed by atoms with van der Waals surface area (Å²) < 4.78 is 0. The Balaban J connectivity index is 4.89. The Morgan fingerprint density at radius 1 is 0.929 bits per heavy atom. The van der Waals surface area contributed by atoms with Gasteiger partial charge in [0.1, 0.15) is 18.1 Å². The summed E-state index contributed by atoms with van der Waals surface area (Å²) in [6, 6.07) is -5.54. The van der Waals surface area contributed by atoms with E-state index in [0.717, 1.165) is 0 Å². The van der Waals surface area contributed by atoms with Gasteiger partial charge < -0.3 is 42.1 Å². The molecule has 0 aromatic rings. The highest BCUT2D eigenvalue weighted by Crippen LogP contribution is 2.00. The first-order valence-electron chi connectivity index (χ1n) is 8.30. The number of carbonyl (C=O) groups is 5. The highest BCUT2D eigenvalue weighted by atomic mass is 16.4. The van der Waals surface area contributed by atoms with E-state index in [9.17, 15) is 29.1 Å². The molecule has 0 spiro atoms. The number of nitrogens with one attached hydrogen (secondary N) is 3. The normalized spacial score (nSPS) is 16.0. The van der Waals surface area contributed by atoms with Crippen molar-refractivity contribution in [2.24, 2.45) is 5.73 Å². The van der Waals surface area contributed by atoms with Gasteiger partial charge in [0.25, 0.3) is 0 Å². The second-order valence-corrected chi connectivity index (χ2v) is 6.08. The molecule has 0 aliphatic carbocycles. The van der Waals surface area contributed by atoms with Crippen LogP contribution in [0.4, 0.5) is 0 Å². The minimum Gasteiger partial charge on any atom is -0.481 e. The van der Waals surface area contributed by atoms with Crippen molar-refractivity contribution in [2.45, 2.75) is 57.0 Å². The summed E-state index contributed by atoms with van der Waals surface area (Å²) in [4.78, 5) is 57.4. The average molecular weight is 406 g/mol. The summed E-state index contributed by atoms with van der Waals surface area (Å²) >= 11 is 0. The largest absolute Gasteiger partial charge is 0.481 e. The molecule has 0 heterocycles. The molecule has 0 fully saturated rings. The average Bonchev–Trinajstić information content (AvgIpc) is 2.60. The van der Waals surface area contributed by atoms with E-state index in [4.69, 9.17) is 21.1 Å². The van der Waals surface area contributed by atoms with Crippen LogP contribution in [0.25, 0.3) is 0 Å². The van der Waals surface area contributed by atoms with Crippen molar-refractivity contribution in [3.63, 3.8) is 0 Å². The Labute approximate surface area is 160 Å². The third-order valence-electron chi connectivity index (χ3n) is 3.62. The molecular formula is C15H26N4O9. The fraction of sp³-hybridized carbons (Fsp3) is 0.667. The third-order valence-corrected chi connectivity index (χ3v) is 3.62. The van der Waals surface area contributed by atoms with E-state index in [1.807, 2.05) is 5.32 Å². The maximum Gasteiger partial charge on any atom is 0.328 e. The first-order chi connectivity index (χ1) is 12.9. The predicted octanol–water partition coefficient (Wildman–Crippen LogP) is -3.89. The van der Waals surface area contributed by atoms with Gasteiger partial charge >= 0.3 is 11.9 Å². The smallest absolute Gasteiger partial charge is 0.328 e. The second kappa shape index (κ2) is 11.8. The van der Waals surface area contributed by atoms with Gasteiger partial charge in [-0.3, -0.25) is 19.2 Å². The highest BCUT2D eigenvalue weighted by molar-refractivity contribution is 5.94. The number of nitrogens with two attached hydrogens (primary N) is 1. The summed E-state index contributed by atoms with van der Waals surface area (Å²) in [5, 5.41) is 42.3. The van der Waals surface area contributed by atoms with E-state index in [2.05, 4.69) is 10.6 Å². The van der Waals surface area contributed by atoms with E-state index in [1.165, 1.54) is 13.8 Å². The Kier molecular flexibility index (Phi) is 10.7. The number of carboxylic acid groups (broad SMARTS) is 2. The van der Waals surface area contributed by atoms with Crippen LogP contribution in [-0.2, 0) is 24.0 Å². The van der Waals surface area contributed by atoms with E-state index in [1.54, 1.807) is 0 Å². The molecule has 0 radical (unpaired) electrons. The van der Waals surface area contributed by atoms with Gasteiger partial charge in [-0.05, 0) is 20.3 Å². The lowest BCUT2D eigenvalue weighted by molar-refractivity contribution is -0.143. The Bertz CT molecular complexity index is 596. The molecule has 5 unspecified atom stereocenters. The number of aliphatic hydroxyl groups excluding tert-OH is 2. The summed E-state index contributed by atoms with van der Waals surface area (Å²) in [6.07, 6.45) is -1.94. The Morgan fingerprint density at radius 2 is 1.50 bits per heavy atom. The van der Waals surface area contributed by atoms with Crippen LogP contribution in [0.5, 0.6) is 0 Å². The zero-order valence-corrected chi connectivity index (χ0v) is 15.4. The standard InChI is InChI=1S/C15H26N4O9/c1-6(12(24)18-9(5-20)15(27)28)17-14(26)11(7(2)21)19-13(25)8(16)3-4-10(22)23/h6-9,11,20-21H,3-5,16H2,1-2H3,(H,17,26)(H,18,24)(H,19,25)(H,22,23)(H,27,28). The van der Waals surface area contributed by atoms with Gasteiger partial charge in [-0.2, -0.15) is 0 Å². The van der Waals surface area contributed by atoms with Crippen molar-refractivity contribution in [1.82, 2.24) is 16.0 Å². The lowest BCUT2D eigenvalue weighted by Gasteiger charge is -2.24. The van der Waals surface area contributed by atoms with E-state index in [0.29, 0.717) is 0 Å². The fourth-order valence-electron chi connectivity index (χ4n) is 1.93. The van der Waals surface area contributed by atoms with Gasteiger partial charge in [-0.25, -0.2) is 4.79 Å². The van der Waals surface area contributed by atoms with Crippen molar-refractivity contribution in [3.05, 3.63) is 0 Å². The van der Waals surface area contributed by atoms with Crippen molar-refractivity contribution in [2.75, 3.05) is 6.61 Å². The monoisotopic (exact) mass is 406 g/mol. The SMILES string of the molecule is CC(NC(=O)C(NC(=O)C(N)CCC(=O)O)C(C)O)C(=O)NC(CO)C(=O)O. The van der Waals surface area contributed by atoms with Gasteiger partial charge in [-0.15, -0.1) is 0 Å². The topological polar surface area (TPSA) is 228 Å². The molecule has 0 aromatic heterocycles. The van der Waals surface area contributed by atoms with Crippen LogP contribution in [0.2, 0.25) is 0 Å². The van der Waals surface area contributed by atoms with Gasteiger partial charge in [0, 0.05) is 6.42 Å². The van der Waals surface area contributed by atoms with E-state index in [-0.39, 0.29) is 12.8 Å². The van der Waals surface area contributed by atoms with Gasteiger partial charge in [0.05, 0.1) is 18.8 Å². The first-order valence-corrected chi connectivity index (χ1v) is 8.30. The molecule has 0 saturated heterocycles. The number of hydrogen-bond donors (Lipinski definition) is 8. The van der Waals surface area contributed by atoms with Gasteiger partial charge in [0.15, 0.2) is 0 Å².